The quantitative estimate of drug-likeness (QED) is 0.520. The Morgan fingerprint density at radius 3 is 2.74 bits per heavy atom. The summed E-state index contributed by atoms with van der Waals surface area (Å²) in [5, 5.41) is 4.29. The van der Waals surface area contributed by atoms with Crippen LogP contribution in [0.5, 0.6) is 5.75 Å². The second kappa shape index (κ2) is 9.24. The van der Waals surface area contributed by atoms with Crippen LogP contribution in [0.25, 0.3) is 0 Å². The van der Waals surface area contributed by atoms with Gasteiger partial charge in [-0.3, -0.25) is 0 Å². The molecule has 4 heteroatoms. The summed E-state index contributed by atoms with van der Waals surface area (Å²) in [6.45, 7) is 5.07. The van der Waals surface area contributed by atoms with Gasteiger partial charge in [-0.2, -0.15) is 0 Å². The van der Waals surface area contributed by atoms with Gasteiger partial charge in [0.1, 0.15) is 5.75 Å². The monoisotopic (exact) mass is 301 g/mol. The number of nitrogens with one attached hydrogen (secondary N) is 1. The highest BCUT2D eigenvalue weighted by molar-refractivity contribution is 6.35. The van der Waals surface area contributed by atoms with Crippen molar-refractivity contribution in [1.82, 2.24) is 5.32 Å². The molecule has 0 aliphatic heterocycles. The summed E-state index contributed by atoms with van der Waals surface area (Å²) < 4.78 is 5.80. The van der Waals surface area contributed by atoms with E-state index in [1.54, 1.807) is 6.07 Å². The van der Waals surface area contributed by atoms with Crippen LogP contribution in [0.4, 0.5) is 0 Å². The van der Waals surface area contributed by atoms with Gasteiger partial charge in [-0.05, 0) is 44.9 Å². The Morgan fingerprint density at radius 2 is 2.05 bits per heavy atom. The van der Waals surface area contributed by atoms with Gasteiger partial charge in [0.15, 0.2) is 0 Å². The number of benzene rings is 1. The molecule has 0 spiro atoms. The van der Waals surface area contributed by atoms with E-state index in [9.17, 15) is 0 Å². The molecule has 19 heavy (non-hydrogen) atoms. The standard InChI is InChI=1S/C15H21Cl2NO/c1-3-4-5-6-7-8-19-15-12(11-18-2)9-13(16)10-14(15)17/h3,9-10,18H,1,4-8,11H2,2H3. The third kappa shape index (κ3) is 5.85. The van der Waals surface area contributed by atoms with Gasteiger partial charge in [0.25, 0.3) is 0 Å². The molecule has 1 N–H and O–H groups in total. The SMILES string of the molecule is C=CCCCCCOc1c(Cl)cc(Cl)cc1CNC. The molecule has 1 rings (SSSR count). The van der Waals surface area contributed by atoms with Gasteiger partial charge in [0.05, 0.1) is 11.6 Å². The molecule has 1 aromatic rings. The first-order valence-electron chi connectivity index (χ1n) is 6.55. The van der Waals surface area contributed by atoms with Gasteiger partial charge in [0, 0.05) is 17.1 Å². The van der Waals surface area contributed by atoms with E-state index in [4.69, 9.17) is 27.9 Å². The van der Waals surface area contributed by atoms with Gasteiger partial charge in [-0.25, -0.2) is 0 Å². The number of rotatable bonds is 9. The van der Waals surface area contributed by atoms with Crippen molar-refractivity contribution < 1.29 is 4.74 Å². The van der Waals surface area contributed by atoms with E-state index in [1.807, 2.05) is 19.2 Å². The smallest absolute Gasteiger partial charge is 0.142 e. The summed E-state index contributed by atoms with van der Waals surface area (Å²) in [7, 11) is 1.88. The highest BCUT2D eigenvalue weighted by atomic mass is 35.5. The Balaban J connectivity index is 2.53. The molecule has 0 unspecified atom stereocenters. The van der Waals surface area contributed by atoms with Crippen LogP contribution in [0.2, 0.25) is 10.0 Å². The van der Waals surface area contributed by atoms with Crippen molar-refractivity contribution in [3.63, 3.8) is 0 Å². The highest BCUT2D eigenvalue weighted by Crippen LogP contribution is 2.32. The Hall–Kier alpha value is -0.700. The minimum atomic E-state index is 0.573. The van der Waals surface area contributed by atoms with Gasteiger partial charge < -0.3 is 10.1 Å². The Kier molecular flexibility index (Phi) is 7.96. The molecular weight excluding hydrogens is 281 g/mol. The fourth-order valence-electron chi connectivity index (χ4n) is 1.84. The van der Waals surface area contributed by atoms with Crippen molar-refractivity contribution in [3.8, 4) is 5.75 Å². The minimum absolute atomic E-state index is 0.573. The lowest BCUT2D eigenvalue weighted by molar-refractivity contribution is 0.302. The Labute approximate surface area is 125 Å². The second-order valence-corrected chi connectivity index (χ2v) is 5.24. The van der Waals surface area contributed by atoms with E-state index in [0.717, 1.165) is 37.0 Å². The first kappa shape index (κ1) is 16.4. The molecule has 0 amide bonds. The van der Waals surface area contributed by atoms with E-state index < -0.39 is 0 Å². The van der Waals surface area contributed by atoms with Crippen molar-refractivity contribution in [2.45, 2.75) is 32.2 Å². The van der Waals surface area contributed by atoms with Crippen LogP contribution in [-0.2, 0) is 6.54 Å². The van der Waals surface area contributed by atoms with Gasteiger partial charge in [-0.15, -0.1) is 6.58 Å². The van der Waals surface area contributed by atoms with Crippen LogP contribution in [0, 0.1) is 0 Å². The molecule has 0 saturated carbocycles. The maximum absolute atomic E-state index is 6.18. The normalized spacial score (nSPS) is 10.5. The third-order valence-corrected chi connectivity index (χ3v) is 3.25. The largest absolute Gasteiger partial charge is 0.492 e. The maximum Gasteiger partial charge on any atom is 0.142 e. The third-order valence-electron chi connectivity index (χ3n) is 2.75. The fraction of sp³-hybridized carbons (Fsp3) is 0.467. The van der Waals surface area contributed by atoms with Gasteiger partial charge in [-0.1, -0.05) is 29.3 Å². The summed E-state index contributed by atoms with van der Waals surface area (Å²) >= 11 is 12.2. The molecule has 0 aromatic heterocycles. The fourth-order valence-corrected chi connectivity index (χ4v) is 2.43. The van der Waals surface area contributed by atoms with Crippen molar-refractivity contribution in [1.29, 1.82) is 0 Å². The molecule has 0 saturated heterocycles. The molecule has 0 atom stereocenters. The molecule has 0 radical (unpaired) electrons. The summed E-state index contributed by atoms with van der Waals surface area (Å²) in [6.07, 6.45) is 6.32. The summed E-state index contributed by atoms with van der Waals surface area (Å²) in [6, 6.07) is 3.60. The summed E-state index contributed by atoms with van der Waals surface area (Å²) in [4.78, 5) is 0. The zero-order chi connectivity index (χ0) is 14.1. The zero-order valence-corrected chi connectivity index (χ0v) is 12.9. The summed E-state index contributed by atoms with van der Waals surface area (Å²) in [5.74, 6) is 0.740. The number of unbranched alkanes of at least 4 members (excludes halogenated alkanes) is 3. The van der Waals surface area contributed by atoms with Crippen LogP contribution >= 0.6 is 23.2 Å². The average molecular weight is 302 g/mol. The number of ether oxygens (including phenoxy) is 1. The minimum Gasteiger partial charge on any atom is -0.492 e. The first-order chi connectivity index (χ1) is 9.19. The van der Waals surface area contributed by atoms with Crippen molar-refractivity contribution in [2.24, 2.45) is 0 Å². The van der Waals surface area contributed by atoms with E-state index in [0.29, 0.717) is 23.2 Å². The highest BCUT2D eigenvalue weighted by Gasteiger charge is 2.10. The zero-order valence-electron chi connectivity index (χ0n) is 11.3. The lowest BCUT2D eigenvalue weighted by Crippen LogP contribution is -2.08. The van der Waals surface area contributed by atoms with Crippen LogP contribution < -0.4 is 10.1 Å². The molecule has 0 heterocycles. The van der Waals surface area contributed by atoms with Gasteiger partial charge >= 0.3 is 0 Å². The Bertz CT molecular complexity index is 407. The number of hydrogen-bond donors (Lipinski definition) is 1. The number of halogens is 2. The van der Waals surface area contributed by atoms with Crippen LogP contribution in [0.15, 0.2) is 24.8 Å². The molecule has 0 aliphatic carbocycles. The van der Waals surface area contributed by atoms with E-state index in [2.05, 4.69) is 11.9 Å². The lowest BCUT2D eigenvalue weighted by atomic mass is 10.2. The Morgan fingerprint density at radius 1 is 1.26 bits per heavy atom. The van der Waals surface area contributed by atoms with Crippen molar-refractivity contribution in [3.05, 3.63) is 40.4 Å². The maximum atomic E-state index is 6.18. The molecule has 0 aliphatic rings. The molecule has 0 fully saturated rings. The summed E-state index contributed by atoms with van der Waals surface area (Å²) in [5.41, 5.74) is 0.992. The topological polar surface area (TPSA) is 21.3 Å². The van der Waals surface area contributed by atoms with E-state index >= 15 is 0 Å². The van der Waals surface area contributed by atoms with Crippen molar-refractivity contribution >= 4 is 23.2 Å². The van der Waals surface area contributed by atoms with Crippen molar-refractivity contribution in [2.75, 3.05) is 13.7 Å². The molecular formula is C15H21Cl2NO. The predicted octanol–water partition coefficient (Wildman–Crippen LogP) is 4.84. The first-order valence-corrected chi connectivity index (χ1v) is 7.30. The number of allylic oxidation sites excluding steroid dienone is 1. The number of hydrogen-bond acceptors (Lipinski definition) is 2. The average Bonchev–Trinajstić information content (AvgIpc) is 2.36. The molecule has 1 aromatic carbocycles. The predicted molar refractivity (Wildman–Crippen MR) is 83.4 cm³/mol. The molecule has 2 nitrogen and oxygen atoms in total. The van der Waals surface area contributed by atoms with E-state index in [1.165, 1.54) is 0 Å². The van der Waals surface area contributed by atoms with Crippen LogP contribution in [-0.4, -0.2) is 13.7 Å². The van der Waals surface area contributed by atoms with Gasteiger partial charge in [0.2, 0.25) is 0 Å². The molecule has 0 bridgehead atoms. The molecule has 106 valence electrons. The lowest BCUT2D eigenvalue weighted by Gasteiger charge is -2.13. The van der Waals surface area contributed by atoms with E-state index in [-0.39, 0.29) is 0 Å². The second-order valence-electron chi connectivity index (χ2n) is 4.39. The van der Waals surface area contributed by atoms with Crippen LogP contribution in [0.1, 0.15) is 31.2 Å². The van der Waals surface area contributed by atoms with Crippen LogP contribution in [0.3, 0.4) is 0 Å².